The van der Waals surface area contributed by atoms with Crippen LogP contribution in [0, 0.1) is 0 Å². The minimum Gasteiger partial charge on any atom is -0.545 e. The molecule has 10 aromatic rings. The fourth-order valence-corrected chi connectivity index (χ4v) is 6.21. The fraction of sp³-hybridized carbons (Fsp3) is 0. The van der Waals surface area contributed by atoms with Crippen molar-refractivity contribution in [3.63, 3.8) is 0 Å². The van der Waals surface area contributed by atoms with Crippen LogP contribution in [0.15, 0.2) is 195 Å². The SMILES string of the molecule is O.O=C([O-])c1ccc(Cl)cc1.O=C([O-])c1ccc(Cl)cc1.O=C([O-])c1ccc(Cl)cc1.O=C([O-])c1ccc(Cl)cc1.[Mn+2].[Mn+2].c1cnc2c(c1)ccc1cccnc12.c1cnc2c(c1)ccc1cccnc12. The summed E-state index contributed by atoms with van der Waals surface area (Å²) in [5.74, 6) is -4.73. The molecule has 0 aliphatic carbocycles. The van der Waals surface area contributed by atoms with Gasteiger partial charge in [-0.2, -0.15) is 0 Å². The number of carboxylic acids is 4. The van der Waals surface area contributed by atoms with Crippen molar-refractivity contribution in [1.82, 2.24) is 19.9 Å². The van der Waals surface area contributed by atoms with Crippen LogP contribution in [0.5, 0.6) is 0 Å². The third-order valence-electron chi connectivity index (χ3n) is 9.01. The van der Waals surface area contributed by atoms with Gasteiger partial charge in [-0.3, -0.25) is 19.9 Å². The maximum absolute atomic E-state index is 10.2. The van der Waals surface area contributed by atoms with Gasteiger partial charge in [0.25, 0.3) is 0 Å². The van der Waals surface area contributed by atoms with Crippen molar-refractivity contribution >= 4 is 114 Å². The number of carboxylic acid groups (broad SMARTS) is 4. The number of nitrogens with zero attached hydrogens (tertiary/aromatic N) is 4. The molecule has 0 unspecified atom stereocenters. The minimum absolute atomic E-state index is 0. The van der Waals surface area contributed by atoms with Crippen LogP contribution in [0.3, 0.4) is 0 Å². The molecule has 0 saturated carbocycles. The van der Waals surface area contributed by atoms with E-state index >= 15 is 0 Å². The first-order valence-corrected chi connectivity index (χ1v) is 21.3. The van der Waals surface area contributed by atoms with Crippen molar-refractivity contribution in [2.45, 2.75) is 0 Å². The van der Waals surface area contributed by atoms with Crippen molar-refractivity contribution in [2.75, 3.05) is 0 Å². The average molecular weight is 1110 g/mol. The Morgan fingerprint density at radius 2 is 0.465 bits per heavy atom. The van der Waals surface area contributed by atoms with Gasteiger partial charge in [-0.1, -0.05) is 143 Å². The molecule has 358 valence electrons. The molecule has 6 aromatic carbocycles. The summed E-state index contributed by atoms with van der Waals surface area (Å²) in [5.41, 5.74) is 4.48. The molecule has 0 bridgehead atoms. The number of benzene rings is 6. The predicted octanol–water partition coefficient (Wildman–Crippen LogP) is 7.55. The van der Waals surface area contributed by atoms with Gasteiger partial charge in [-0.15, -0.1) is 0 Å². The summed E-state index contributed by atoms with van der Waals surface area (Å²) in [5, 5.41) is 47.3. The molecule has 0 amide bonds. The first-order chi connectivity index (χ1) is 32.7. The van der Waals surface area contributed by atoms with Gasteiger partial charge in [0.2, 0.25) is 0 Å². The van der Waals surface area contributed by atoms with Crippen LogP contribution in [0.25, 0.3) is 43.6 Å². The number of carbonyl (C=O) groups excluding carboxylic acids is 4. The summed E-state index contributed by atoms with van der Waals surface area (Å²) < 4.78 is 0. The third kappa shape index (κ3) is 19.0. The average Bonchev–Trinajstić information content (AvgIpc) is 3.35. The molecule has 71 heavy (non-hydrogen) atoms. The minimum atomic E-state index is -1.18. The van der Waals surface area contributed by atoms with E-state index in [0.717, 1.165) is 43.6 Å². The van der Waals surface area contributed by atoms with Gasteiger partial charge in [0.05, 0.1) is 45.9 Å². The van der Waals surface area contributed by atoms with Crippen molar-refractivity contribution < 1.29 is 79.2 Å². The van der Waals surface area contributed by atoms with Crippen molar-refractivity contribution in [3.8, 4) is 0 Å². The Balaban J connectivity index is 0.000000292. The number of pyridine rings is 4. The molecule has 13 nitrogen and oxygen atoms in total. The monoisotopic (exact) mass is 1110 g/mol. The molecule has 0 atom stereocenters. The molecule has 2 N–H and O–H groups in total. The molecular formula is C52H34Cl4Mn2N4O9. The summed E-state index contributed by atoms with van der Waals surface area (Å²) in [6.45, 7) is 0. The zero-order chi connectivity index (χ0) is 49.0. The van der Waals surface area contributed by atoms with Gasteiger partial charge in [0.1, 0.15) is 0 Å². The molecule has 0 aliphatic heterocycles. The van der Waals surface area contributed by atoms with Gasteiger partial charge >= 0.3 is 34.1 Å². The maximum Gasteiger partial charge on any atom is 2.00 e. The molecule has 0 fully saturated rings. The van der Waals surface area contributed by atoms with Crippen LogP contribution in [0.2, 0.25) is 20.1 Å². The smallest absolute Gasteiger partial charge is 0.545 e. The zero-order valence-electron chi connectivity index (χ0n) is 36.3. The van der Waals surface area contributed by atoms with Gasteiger partial charge < -0.3 is 45.1 Å². The third-order valence-corrected chi connectivity index (χ3v) is 10.0. The topological polar surface area (TPSA) is 244 Å². The molecule has 2 radical (unpaired) electrons. The molecule has 19 heteroatoms. The largest absolute Gasteiger partial charge is 2.00 e. The molecular weight excluding hydrogens is 1080 g/mol. The first kappa shape index (κ1) is 60.1. The van der Waals surface area contributed by atoms with Crippen LogP contribution in [-0.4, -0.2) is 49.3 Å². The van der Waals surface area contributed by atoms with Gasteiger partial charge in [0, 0.05) is 66.4 Å². The normalized spacial score (nSPS) is 9.52. The Hall–Kier alpha value is -7.00. The first-order valence-electron chi connectivity index (χ1n) is 19.7. The van der Waals surface area contributed by atoms with E-state index in [2.05, 4.69) is 68.5 Å². The number of aromatic carboxylic acids is 4. The number of rotatable bonds is 4. The number of halogens is 4. The molecule has 10 rings (SSSR count). The second-order valence-electron chi connectivity index (χ2n) is 13.6. The predicted molar refractivity (Wildman–Crippen MR) is 261 cm³/mol. The van der Waals surface area contributed by atoms with Gasteiger partial charge in [-0.25, -0.2) is 0 Å². The van der Waals surface area contributed by atoms with E-state index in [1.807, 2.05) is 24.3 Å². The van der Waals surface area contributed by atoms with E-state index in [1.165, 1.54) is 97.1 Å². The van der Waals surface area contributed by atoms with Crippen LogP contribution < -0.4 is 20.4 Å². The van der Waals surface area contributed by atoms with Crippen LogP contribution in [-0.2, 0) is 34.1 Å². The summed E-state index contributed by atoms with van der Waals surface area (Å²) in [6.07, 6.45) is 7.21. The van der Waals surface area contributed by atoms with E-state index in [-0.39, 0.29) is 61.9 Å². The number of hydrogen-bond acceptors (Lipinski definition) is 12. The second-order valence-corrected chi connectivity index (χ2v) is 15.4. The molecule has 4 aromatic heterocycles. The van der Waals surface area contributed by atoms with E-state index in [1.54, 1.807) is 24.8 Å². The molecule has 0 aliphatic rings. The van der Waals surface area contributed by atoms with E-state index in [4.69, 9.17) is 46.4 Å². The zero-order valence-corrected chi connectivity index (χ0v) is 41.7. The summed E-state index contributed by atoms with van der Waals surface area (Å²) in [6, 6.07) is 47.5. The van der Waals surface area contributed by atoms with E-state index in [0.29, 0.717) is 20.1 Å². The van der Waals surface area contributed by atoms with Crippen molar-refractivity contribution in [3.05, 3.63) is 237 Å². The Labute approximate surface area is 447 Å². The van der Waals surface area contributed by atoms with Crippen molar-refractivity contribution in [1.29, 1.82) is 0 Å². The summed E-state index contributed by atoms with van der Waals surface area (Å²) in [4.78, 5) is 58.0. The maximum atomic E-state index is 10.2. The van der Waals surface area contributed by atoms with Crippen LogP contribution in [0.1, 0.15) is 41.4 Å². The molecule has 4 heterocycles. The van der Waals surface area contributed by atoms with Gasteiger partial charge in [-0.05, 0) is 95.1 Å². The Kier molecular flexibility index (Phi) is 25.9. The fourth-order valence-electron chi connectivity index (χ4n) is 5.70. The number of aromatic nitrogens is 4. The standard InChI is InChI=1S/2C12H8N2.4C7H5ClO2.2Mn.H2O/c2*1-3-9-5-6-10-4-2-8-14-12(10)11(9)13-7-1;4*8-6-3-1-5(2-4-6)7(9)10;;;/h2*1-8H;4*1-4H,(H,9,10);;;1H2/q;;;;;;2*+2;/p-4. The van der Waals surface area contributed by atoms with Crippen LogP contribution in [0.4, 0.5) is 0 Å². The van der Waals surface area contributed by atoms with Gasteiger partial charge in [0.15, 0.2) is 0 Å². The number of carbonyl (C=O) groups is 4. The Bertz CT molecular complexity index is 2860. The number of hydrogen-bond donors (Lipinski definition) is 0. The Morgan fingerprint density at radius 1 is 0.296 bits per heavy atom. The second kappa shape index (κ2) is 30.6. The van der Waals surface area contributed by atoms with E-state index < -0.39 is 23.9 Å². The number of fused-ring (bicyclic) bond motifs is 6. The molecule has 0 saturated heterocycles. The van der Waals surface area contributed by atoms with Crippen molar-refractivity contribution in [2.24, 2.45) is 0 Å². The molecule has 0 spiro atoms. The summed E-state index contributed by atoms with van der Waals surface area (Å²) in [7, 11) is 0. The summed E-state index contributed by atoms with van der Waals surface area (Å²) >= 11 is 22.0. The quantitative estimate of drug-likeness (QED) is 0.123. The Morgan fingerprint density at radius 3 is 0.620 bits per heavy atom. The van der Waals surface area contributed by atoms with Crippen LogP contribution >= 0.6 is 46.4 Å². The van der Waals surface area contributed by atoms with E-state index in [9.17, 15) is 39.6 Å².